The lowest BCUT2D eigenvalue weighted by atomic mass is 10.1. The Morgan fingerprint density at radius 2 is 1.48 bits per heavy atom. The van der Waals surface area contributed by atoms with Gasteiger partial charge in [-0.3, -0.25) is 9.59 Å². The van der Waals surface area contributed by atoms with E-state index in [2.05, 4.69) is 14.8 Å². The number of nitrogens with zero attached hydrogens (tertiary/aromatic N) is 1. The zero-order chi connectivity index (χ0) is 19.0. The van der Waals surface area contributed by atoms with Crippen molar-refractivity contribution in [1.82, 2.24) is 4.90 Å². The number of carbonyl (C=O) groups is 4. The van der Waals surface area contributed by atoms with Crippen LogP contribution in [0.2, 0.25) is 0 Å². The average Bonchev–Trinajstić information content (AvgIpc) is 2.59. The zero-order valence-corrected chi connectivity index (χ0v) is 15.3. The summed E-state index contributed by atoms with van der Waals surface area (Å²) in [6, 6.07) is 4.11. The number of thioether (sulfide) groups is 1. The first-order valence-electron chi connectivity index (χ1n) is 7.18. The summed E-state index contributed by atoms with van der Waals surface area (Å²) in [6.07, 6.45) is 0. The van der Waals surface area contributed by atoms with Crippen LogP contribution in [0.1, 0.15) is 20.7 Å². The van der Waals surface area contributed by atoms with Gasteiger partial charge in [-0.1, -0.05) is 0 Å². The first-order chi connectivity index (χ1) is 11.8. The van der Waals surface area contributed by atoms with Crippen molar-refractivity contribution in [2.75, 3.05) is 45.1 Å². The van der Waals surface area contributed by atoms with Gasteiger partial charge in [0.2, 0.25) is 11.8 Å². The zero-order valence-electron chi connectivity index (χ0n) is 14.5. The molecule has 0 bridgehead atoms. The van der Waals surface area contributed by atoms with Gasteiger partial charge < -0.3 is 19.7 Å². The minimum absolute atomic E-state index is 0.0512. The lowest BCUT2D eigenvalue weighted by molar-refractivity contribution is -0.125. The van der Waals surface area contributed by atoms with Crippen LogP contribution in [0.4, 0.5) is 5.69 Å². The molecule has 0 saturated carbocycles. The fraction of sp³-hybridized carbons (Fsp3) is 0.375. The molecule has 1 rings (SSSR count). The van der Waals surface area contributed by atoms with Gasteiger partial charge in [-0.05, 0) is 18.2 Å². The predicted octanol–water partition coefficient (Wildman–Crippen LogP) is 1.02. The first-order valence-corrected chi connectivity index (χ1v) is 8.33. The van der Waals surface area contributed by atoms with E-state index in [1.165, 1.54) is 37.3 Å². The van der Waals surface area contributed by atoms with Crippen molar-refractivity contribution < 1.29 is 28.7 Å². The highest BCUT2D eigenvalue weighted by molar-refractivity contribution is 8.00. The highest BCUT2D eigenvalue weighted by Crippen LogP contribution is 2.17. The molecule has 0 unspecified atom stereocenters. The number of anilines is 1. The van der Waals surface area contributed by atoms with E-state index in [1.54, 1.807) is 14.1 Å². The number of methoxy groups -OCH3 is 2. The molecule has 8 nitrogen and oxygen atoms in total. The van der Waals surface area contributed by atoms with Crippen LogP contribution >= 0.6 is 11.8 Å². The third-order valence-electron chi connectivity index (χ3n) is 3.02. The SMILES string of the molecule is COC(=O)c1cc(NC(=O)CSCC(=O)N(C)C)cc(C(=O)OC)c1. The van der Waals surface area contributed by atoms with Gasteiger partial charge in [-0.25, -0.2) is 9.59 Å². The van der Waals surface area contributed by atoms with Crippen LogP contribution in [-0.4, -0.2) is 68.5 Å². The van der Waals surface area contributed by atoms with E-state index in [0.717, 1.165) is 11.8 Å². The standard InChI is InChI=1S/C16H20N2O6S/c1-18(2)14(20)9-25-8-13(19)17-12-6-10(15(21)23-3)5-11(7-12)16(22)24-4/h5-7H,8-9H2,1-4H3,(H,17,19). The predicted molar refractivity (Wildman–Crippen MR) is 93.8 cm³/mol. The molecule has 0 spiro atoms. The van der Waals surface area contributed by atoms with Gasteiger partial charge in [0.1, 0.15) is 0 Å². The van der Waals surface area contributed by atoms with Crippen molar-refractivity contribution in [3.05, 3.63) is 29.3 Å². The molecular formula is C16H20N2O6S. The Balaban J connectivity index is 2.82. The molecule has 25 heavy (non-hydrogen) atoms. The van der Waals surface area contributed by atoms with Crippen molar-refractivity contribution in [2.24, 2.45) is 0 Å². The van der Waals surface area contributed by atoms with Gasteiger partial charge in [-0.15, -0.1) is 11.8 Å². The number of hydrogen-bond acceptors (Lipinski definition) is 7. The van der Waals surface area contributed by atoms with E-state index in [4.69, 9.17) is 0 Å². The van der Waals surface area contributed by atoms with Gasteiger partial charge in [0.25, 0.3) is 0 Å². The van der Waals surface area contributed by atoms with Gasteiger partial charge in [-0.2, -0.15) is 0 Å². The summed E-state index contributed by atoms with van der Waals surface area (Å²) in [6.45, 7) is 0. The average molecular weight is 368 g/mol. The smallest absolute Gasteiger partial charge is 0.337 e. The second-order valence-electron chi connectivity index (χ2n) is 5.11. The second kappa shape index (κ2) is 9.67. The molecule has 136 valence electrons. The summed E-state index contributed by atoms with van der Waals surface area (Å²) in [5.41, 5.74) is 0.472. The summed E-state index contributed by atoms with van der Waals surface area (Å²) < 4.78 is 9.26. The van der Waals surface area contributed by atoms with Gasteiger partial charge in [0, 0.05) is 19.8 Å². The van der Waals surface area contributed by atoms with Crippen molar-refractivity contribution in [1.29, 1.82) is 0 Å². The van der Waals surface area contributed by atoms with Crippen LogP contribution < -0.4 is 5.32 Å². The van der Waals surface area contributed by atoms with Crippen LogP contribution in [0, 0.1) is 0 Å². The molecule has 0 saturated heterocycles. The Morgan fingerprint density at radius 3 is 1.92 bits per heavy atom. The maximum Gasteiger partial charge on any atom is 0.337 e. The highest BCUT2D eigenvalue weighted by atomic mass is 32.2. The Bertz CT molecular complexity index is 640. The van der Waals surface area contributed by atoms with E-state index in [-0.39, 0.29) is 40.1 Å². The first kappa shape index (κ1) is 20.5. The number of benzene rings is 1. The van der Waals surface area contributed by atoms with E-state index in [1.807, 2.05) is 0 Å². The lowest BCUT2D eigenvalue weighted by Crippen LogP contribution is -2.24. The topological polar surface area (TPSA) is 102 Å². The van der Waals surface area contributed by atoms with Crippen LogP contribution in [0.3, 0.4) is 0 Å². The van der Waals surface area contributed by atoms with Crippen molar-refractivity contribution in [2.45, 2.75) is 0 Å². The maximum absolute atomic E-state index is 12.0. The van der Waals surface area contributed by atoms with Crippen LogP contribution in [0.5, 0.6) is 0 Å². The van der Waals surface area contributed by atoms with Crippen molar-refractivity contribution in [3.8, 4) is 0 Å². The van der Waals surface area contributed by atoms with E-state index in [9.17, 15) is 19.2 Å². The molecule has 0 aromatic heterocycles. The molecule has 0 aliphatic carbocycles. The highest BCUT2D eigenvalue weighted by Gasteiger charge is 2.15. The molecule has 1 aromatic rings. The molecule has 2 amide bonds. The minimum Gasteiger partial charge on any atom is -0.465 e. The monoisotopic (exact) mass is 368 g/mol. The van der Waals surface area contributed by atoms with Gasteiger partial charge in [0.15, 0.2) is 0 Å². The fourth-order valence-electron chi connectivity index (χ4n) is 1.73. The Labute approximate surface area is 149 Å². The lowest BCUT2D eigenvalue weighted by Gasteiger charge is -2.11. The summed E-state index contributed by atoms with van der Waals surface area (Å²) in [5, 5.41) is 2.58. The quantitative estimate of drug-likeness (QED) is 0.717. The van der Waals surface area contributed by atoms with Crippen molar-refractivity contribution >= 4 is 41.2 Å². The number of amides is 2. The minimum atomic E-state index is -0.646. The maximum atomic E-state index is 12.0. The summed E-state index contributed by atoms with van der Waals surface area (Å²) in [5.74, 6) is -1.53. The molecule has 1 N–H and O–H groups in total. The number of hydrogen-bond donors (Lipinski definition) is 1. The largest absolute Gasteiger partial charge is 0.465 e. The van der Waals surface area contributed by atoms with Crippen molar-refractivity contribution in [3.63, 3.8) is 0 Å². The number of carbonyl (C=O) groups excluding carboxylic acids is 4. The Kier molecular flexibility index (Phi) is 7.93. The molecule has 0 aliphatic rings. The molecular weight excluding hydrogens is 348 g/mol. The van der Waals surface area contributed by atoms with E-state index < -0.39 is 11.9 Å². The van der Waals surface area contributed by atoms with Gasteiger partial charge in [0.05, 0.1) is 36.9 Å². The number of rotatable bonds is 7. The van der Waals surface area contributed by atoms with E-state index >= 15 is 0 Å². The van der Waals surface area contributed by atoms with Gasteiger partial charge >= 0.3 is 11.9 Å². The fourth-order valence-corrected chi connectivity index (χ4v) is 2.52. The number of nitrogens with one attached hydrogen (secondary N) is 1. The molecule has 9 heteroatoms. The normalized spacial score (nSPS) is 9.92. The molecule has 0 radical (unpaired) electrons. The molecule has 1 aromatic carbocycles. The Hall–Kier alpha value is -2.55. The number of ether oxygens (including phenoxy) is 2. The molecule has 0 aliphatic heterocycles. The third-order valence-corrected chi connectivity index (χ3v) is 3.93. The summed E-state index contributed by atoms with van der Waals surface area (Å²) >= 11 is 1.16. The Morgan fingerprint density at radius 1 is 0.960 bits per heavy atom. The van der Waals surface area contributed by atoms with E-state index in [0.29, 0.717) is 0 Å². The van der Waals surface area contributed by atoms with Crippen LogP contribution in [0.15, 0.2) is 18.2 Å². The number of esters is 2. The summed E-state index contributed by atoms with van der Waals surface area (Å²) in [4.78, 5) is 48.3. The second-order valence-corrected chi connectivity index (χ2v) is 6.10. The van der Waals surface area contributed by atoms with Crippen LogP contribution in [-0.2, 0) is 19.1 Å². The molecule has 0 fully saturated rings. The van der Waals surface area contributed by atoms with Crippen LogP contribution in [0.25, 0.3) is 0 Å². The third kappa shape index (κ3) is 6.46. The molecule has 0 heterocycles. The summed E-state index contributed by atoms with van der Waals surface area (Å²) in [7, 11) is 5.69. The molecule has 0 atom stereocenters.